The van der Waals surface area contributed by atoms with Crippen LogP contribution >= 0.6 is 0 Å². The van der Waals surface area contributed by atoms with E-state index in [9.17, 15) is 4.79 Å². The number of urea groups is 1. The number of carbonyl (C=O) groups is 1. The Hall–Kier alpha value is -3.34. The second-order valence-electron chi connectivity index (χ2n) is 5.69. The standard InChI is InChI=1S/C20H20N4O/c1-15-13-17(16(2)24(15)19-11-7-4-8-12-19)14-21-23-20(25)22-18-9-5-3-6-10-18/h3-14H,1-2H3,(H2,22,23,25)/b21-14+. The van der Waals surface area contributed by atoms with E-state index in [4.69, 9.17) is 0 Å². The summed E-state index contributed by atoms with van der Waals surface area (Å²) in [7, 11) is 0. The van der Waals surface area contributed by atoms with E-state index in [1.165, 1.54) is 0 Å². The summed E-state index contributed by atoms with van der Waals surface area (Å²) in [6.45, 7) is 4.08. The van der Waals surface area contributed by atoms with Gasteiger partial charge in [-0.05, 0) is 44.2 Å². The molecule has 3 aromatic rings. The maximum Gasteiger partial charge on any atom is 0.339 e. The number of anilines is 1. The Morgan fingerprint density at radius 1 is 1.00 bits per heavy atom. The molecule has 0 fully saturated rings. The number of nitrogens with zero attached hydrogens (tertiary/aromatic N) is 2. The van der Waals surface area contributed by atoms with E-state index >= 15 is 0 Å². The highest BCUT2D eigenvalue weighted by Gasteiger charge is 2.09. The SMILES string of the molecule is Cc1cc(/C=N/NC(=O)Nc2ccccc2)c(C)n1-c1ccccc1. The molecule has 0 bridgehead atoms. The Morgan fingerprint density at radius 2 is 1.64 bits per heavy atom. The lowest BCUT2D eigenvalue weighted by atomic mass is 10.2. The number of para-hydroxylation sites is 2. The molecule has 2 N–H and O–H groups in total. The highest BCUT2D eigenvalue weighted by molar-refractivity contribution is 5.90. The van der Waals surface area contributed by atoms with Gasteiger partial charge in [0.2, 0.25) is 0 Å². The van der Waals surface area contributed by atoms with Gasteiger partial charge in [-0.15, -0.1) is 0 Å². The summed E-state index contributed by atoms with van der Waals surface area (Å²) in [5, 5.41) is 6.76. The van der Waals surface area contributed by atoms with Crippen LogP contribution in [0.5, 0.6) is 0 Å². The minimum absolute atomic E-state index is 0.376. The first-order chi connectivity index (χ1) is 12.1. The van der Waals surface area contributed by atoms with Gasteiger partial charge in [-0.1, -0.05) is 36.4 Å². The second kappa shape index (κ2) is 7.49. The summed E-state index contributed by atoms with van der Waals surface area (Å²) in [6, 6.07) is 21.1. The van der Waals surface area contributed by atoms with Gasteiger partial charge in [-0.2, -0.15) is 5.10 Å². The normalized spacial score (nSPS) is 10.8. The lowest BCUT2D eigenvalue weighted by Crippen LogP contribution is -2.24. The molecule has 5 nitrogen and oxygen atoms in total. The molecule has 0 aliphatic carbocycles. The number of nitrogens with one attached hydrogen (secondary N) is 2. The summed E-state index contributed by atoms with van der Waals surface area (Å²) in [6.07, 6.45) is 1.66. The number of aromatic nitrogens is 1. The monoisotopic (exact) mass is 332 g/mol. The Morgan fingerprint density at radius 3 is 2.32 bits per heavy atom. The molecular formula is C20H20N4O. The predicted molar refractivity (Wildman–Crippen MR) is 101 cm³/mol. The third-order valence-electron chi connectivity index (χ3n) is 3.89. The smallest absolute Gasteiger partial charge is 0.318 e. The van der Waals surface area contributed by atoms with Gasteiger partial charge in [0.05, 0.1) is 6.21 Å². The van der Waals surface area contributed by atoms with Crippen molar-refractivity contribution in [3.05, 3.63) is 83.7 Å². The van der Waals surface area contributed by atoms with Crippen molar-refractivity contribution >= 4 is 17.9 Å². The molecule has 0 spiro atoms. The summed E-state index contributed by atoms with van der Waals surface area (Å²) >= 11 is 0. The number of amides is 2. The van der Waals surface area contributed by atoms with Crippen molar-refractivity contribution in [2.45, 2.75) is 13.8 Å². The van der Waals surface area contributed by atoms with E-state index in [-0.39, 0.29) is 6.03 Å². The minimum Gasteiger partial charge on any atom is -0.318 e. The Labute approximate surface area is 147 Å². The topological polar surface area (TPSA) is 58.4 Å². The van der Waals surface area contributed by atoms with Crippen molar-refractivity contribution in [3.8, 4) is 5.69 Å². The average Bonchev–Trinajstić information content (AvgIpc) is 2.90. The van der Waals surface area contributed by atoms with Crippen LogP contribution in [0.15, 0.2) is 71.8 Å². The summed E-state index contributed by atoms with van der Waals surface area (Å²) in [4.78, 5) is 11.8. The van der Waals surface area contributed by atoms with Crippen molar-refractivity contribution < 1.29 is 4.79 Å². The third kappa shape index (κ3) is 3.95. The fourth-order valence-electron chi connectivity index (χ4n) is 2.73. The van der Waals surface area contributed by atoms with Gasteiger partial charge in [0.1, 0.15) is 0 Å². The van der Waals surface area contributed by atoms with E-state index in [0.29, 0.717) is 0 Å². The number of hydrogen-bond donors (Lipinski definition) is 2. The van der Waals surface area contributed by atoms with Crippen molar-refractivity contribution in [1.82, 2.24) is 9.99 Å². The summed E-state index contributed by atoms with van der Waals surface area (Å²) in [5.41, 5.74) is 7.45. The van der Waals surface area contributed by atoms with E-state index in [1.807, 2.05) is 68.4 Å². The van der Waals surface area contributed by atoms with Gasteiger partial charge >= 0.3 is 6.03 Å². The van der Waals surface area contributed by atoms with Gasteiger partial charge in [0.15, 0.2) is 0 Å². The number of aryl methyl sites for hydroxylation is 1. The molecule has 2 aromatic carbocycles. The van der Waals surface area contributed by atoms with Gasteiger partial charge in [-0.3, -0.25) is 0 Å². The molecule has 1 heterocycles. The largest absolute Gasteiger partial charge is 0.339 e. The third-order valence-corrected chi connectivity index (χ3v) is 3.89. The van der Waals surface area contributed by atoms with Crippen LogP contribution < -0.4 is 10.7 Å². The van der Waals surface area contributed by atoms with Crippen LogP contribution in [0.25, 0.3) is 5.69 Å². The summed E-state index contributed by atoms with van der Waals surface area (Å²) in [5.74, 6) is 0. The van der Waals surface area contributed by atoms with E-state index in [2.05, 4.69) is 32.5 Å². The van der Waals surface area contributed by atoms with Crippen molar-refractivity contribution in [2.24, 2.45) is 5.10 Å². The lowest BCUT2D eigenvalue weighted by molar-refractivity contribution is 0.252. The molecule has 0 atom stereocenters. The maximum absolute atomic E-state index is 11.8. The molecule has 3 rings (SSSR count). The fraction of sp³-hybridized carbons (Fsp3) is 0.100. The number of hydrazone groups is 1. The zero-order valence-electron chi connectivity index (χ0n) is 14.2. The molecule has 5 heteroatoms. The van der Waals surface area contributed by atoms with Crippen LogP contribution in [0.3, 0.4) is 0 Å². The van der Waals surface area contributed by atoms with Gasteiger partial charge < -0.3 is 9.88 Å². The second-order valence-corrected chi connectivity index (χ2v) is 5.69. The highest BCUT2D eigenvalue weighted by Crippen LogP contribution is 2.19. The first-order valence-electron chi connectivity index (χ1n) is 8.04. The molecule has 0 aliphatic heterocycles. The predicted octanol–water partition coefficient (Wildman–Crippen LogP) is 4.25. The number of benzene rings is 2. The van der Waals surface area contributed by atoms with Crippen LogP contribution in [-0.4, -0.2) is 16.8 Å². The Bertz CT molecular complexity index is 883. The van der Waals surface area contributed by atoms with Crippen molar-refractivity contribution in [2.75, 3.05) is 5.32 Å². The molecule has 0 saturated heterocycles. The van der Waals surface area contributed by atoms with Gasteiger partial charge in [-0.25, -0.2) is 10.2 Å². The fourth-order valence-corrected chi connectivity index (χ4v) is 2.73. The maximum atomic E-state index is 11.8. The first-order valence-corrected chi connectivity index (χ1v) is 8.04. The first kappa shape index (κ1) is 16.5. The van der Waals surface area contributed by atoms with Crippen LogP contribution in [0, 0.1) is 13.8 Å². The zero-order chi connectivity index (χ0) is 17.6. The zero-order valence-corrected chi connectivity index (χ0v) is 14.2. The number of hydrogen-bond acceptors (Lipinski definition) is 2. The van der Waals surface area contributed by atoms with Crippen LogP contribution in [-0.2, 0) is 0 Å². The molecular weight excluding hydrogens is 312 g/mol. The molecule has 25 heavy (non-hydrogen) atoms. The average molecular weight is 332 g/mol. The summed E-state index contributed by atoms with van der Waals surface area (Å²) < 4.78 is 2.16. The van der Waals surface area contributed by atoms with Crippen molar-refractivity contribution in [3.63, 3.8) is 0 Å². The highest BCUT2D eigenvalue weighted by atomic mass is 16.2. The Kier molecular flexibility index (Phi) is 4.95. The lowest BCUT2D eigenvalue weighted by Gasteiger charge is -2.09. The minimum atomic E-state index is -0.376. The molecule has 1 aromatic heterocycles. The van der Waals surface area contributed by atoms with Gasteiger partial charge in [0, 0.05) is 28.3 Å². The number of rotatable bonds is 4. The molecule has 0 saturated carbocycles. The molecule has 0 radical (unpaired) electrons. The van der Waals surface area contributed by atoms with Crippen LogP contribution in [0.2, 0.25) is 0 Å². The van der Waals surface area contributed by atoms with E-state index < -0.39 is 0 Å². The van der Waals surface area contributed by atoms with Gasteiger partial charge in [0.25, 0.3) is 0 Å². The Balaban J connectivity index is 1.69. The molecule has 0 aliphatic rings. The number of carbonyl (C=O) groups excluding carboxylic acids is 1. The van der Waals surface area contributed by atoms with E-state index in [1.54, 1.807) is 6.21 Å². The van der Waals surface area contributed by atoms with Crippen LogP contribution in [0.1, 0.15) is 17.0 Å². The van der Waals surface area contributed by atoms with Crippen LogP contribution in [0.4, 0.5) is 10.5 Å². The van der Waals surface area contributed by atoms with Crippen molar-refractivity contribution in [1.29, 1.82) is 0 Å². The molecule has 2 amide bonds. The molecule has 126 valence electrons. The van der Waals surface area contributed by atoms with E-state index in [0.717, 1.165) is 28.3 Å². The quantitative estimate of drug-likeness (QED) is 0.544. The molecule has 0 unspecified atom stereocenters.